The third-order valence-electron chi connectivity index (χ3n) is 2.64. The van der Waals surface area contributed by atoms with Gasteiger partial charge in [0.15, 0.2) is 11.6 Å². The third kappa shape index (κ3) is 1.70. The molecule has 0 aliphatic rings. The summed E-state index contributed by atoms with van der Waals surface area (Å²) in [6.07, 6.45) is 3.43. The molecule has 5 nitrogen and oxygen atoms in total. The highest BCUT2D eigenvalue weighted by Gasteiger charge is 2.09. The van der Waals surface area contributed by atoms with Gasteiger partial charge in [0.1, 0.15) is 5.75 Å². The van der Waals surface area contributed by atoms with Crippen molar-refractivity contribution < 1.29 is 5.11 Å². The molecule has 18 heavy (non-hydrogen) atoms. The molecule has 0 saturated heterocycles. The van der Waals surface area contributed by atoms with Crippen LogP contribution in [-0.4, -0.2) is 19.9 Å². The van der Waals surface area contributed by atoms with Crippen molar-refractivity contribution in [3.63, 3.8) is 0 Å². The summed E-state index contributed by atoms with van der Waals surface area (Å²) in [4.78, 5) is 4.29. The second-order valence-electron chi connectivity index (χ2n) is 3.85. The van der Waals surface area contributed by atoms with E-state index < -0.39 is 0 Å². The molecule has 0 fully saturated rings. The molecule has 0 bridgehead atoms. The fourth-order valence-electron chi connectivity index (χ4n) is 1.80. The molecule has 6 heteroatoms. The molecular formula is C12H9BrN4O. The zero-order valence-corrected chi connectivity index (χ0v) is 10.8. The Morgan fingerprint density at radius 3 is 2.83 bits per heavy atom. The van der Waals surface area contributed by atoms with Gasteiger partial charge in [-0.1, -0.05) is 6.07 Å². The van der Waals surface area contributed by atoms with E-state index in [1.165, 1.54) is 0 Å². The van der Waals surface area contributed by atoms with Crippen LogP contribution in [0.4, 0.5) is 5.82 Å². The quantitative estimate of drug-likeness (QED) is 0.724. The van der Waals surface area contributed by atoms with E-state index in [0.29, 0.717) is 16.1 Å². The number of hydrogen-bond donors (Lipinski definition) is 2. The Balaban J connectivity index is 2.31. The van der Waals surface area contributed by atoms with Crippen molar-refractivity contribution in [2.75, 3.05) is 5.73 Å². The highest BCUT2D eigenvalue weighted by atomic mass is 79.9. The van der Waals surface area contributed by atoms with Gasteiger partial charge in [-0.2, -0.15) is 0 Å². The number of phenolic OH excluding ortho intramolecular Hbond substituents is 1. The third-order valence-corrected chi connectivity index (χ3v) is 3.25. The van der Waals surface area contributed by atoms with Gasteiger partial charge >= 0.3 is 0 Å². The molecule has 0 amide bonds. The molecule has 0 unspecified atom stereocenters. The lowest BCUT2D eigenvalue weighted by Crippen LogP contribution is -1.99. The van der Waals surface area contributed by atoms with Gasteiger partial charge in [-0.3, -0.25) is 0 Å². The molecular weight excluding hydrogens is 296 g/mol. The van der Waals surface area contributed by atoms with E-state index in [0.717, 1.165) is 10.8 Å². The first kappa shape index (κ1) is 11.0. The van der Waals surface area contributed by atoms with Gasteiger partial charge < -0.3 is 10.8 Å². The predicted octanol–water partition coefficient (Wildman–Crippen LogP) is 2.47. The number of halogens is 1. The standard InChI is InChI=1S/C12H9BrN4O/c13-10-6-17(16-11(10)14)12-9-5-8(18)2-1-7(9)3-4-15-12/h1-6,18H,(H2,14,16). The first-order chi connectivity index (χ1) is 8.65. The van der Waals surface area contributed by atoms with E-state index in [1.807, 2.05) is 12.1 Å². The van der Waals surface area contributed by atoms with Crippen molar-refractivity contribution in [3.05, 3.63) is 41.1 Å². The molecule has 3 N–H and O–H groups in total. The van der Waals surface area contributed by atoms with Crippen molar-refractivity contribution >= 4 is 32.5 Å². The van der Waals surface area contributed by atoms with E-state index in [1.54, 1.807) is 29.2 Å². The lowest BCUT2D eigenvalue weighted by molar-refractivity contribution is 0.476. The molecule has 0 saturated carbocycles. The van der Waals surface area contributed by atoms with E-state index in [-0.39, 0.29) is 5.75 Å². The SMILES string of the molecule is Nc1nn(-c2nccc3ccc(O)cc23)cc1Br. The van der Waals surface area contributed by atoms with Crippen LogP contribution in [0.2, 0.25) is 0 Å². The minimum Gasteiger partial charge on any atom is -0.508 e. The van der Waals surface area contributed by atoms with Gasteiger partial charge in [-0.25, -0.2) is 9.67 Å². The molecule has 3 rings (SSSR count). The van der Waals surface area contributed by atoms with Gasteiger partial charge in [0.25, 0.3) is 0 Å². The Labute approximate surface area is 111 Å². The largest absolute Gasteiger partial charge is 0.508 e. The Bertz CT molecular complexity index is 719. The number of nitrogens with zero attached hydrogens (tertiary/aromatic N) is 3. The first-order valence-corrected chi connectivity index (χ1v) is 6.03. The fourth-order valence-corrected chi connectivity index (χ4v) is 2.07. The van der Waals surface area contributed by atoms with Gasteiger partial charge in [0.2, 0.25) is 0 Å². The second kappa shape index (κ2) is 3.99. The normalized spacial score (nSPS) is 10.9. The van der Waals surface area contributed by atoms with Crippen LogP contribution in [0.15, 0.2) is 41.1 Å². The Hall–Kier alpha value is -2.08. The number of nitrogen functional groups attached to an aromatic ring is 1. The van der Waals surface area contributed by atoms with Gasteiger partial charge in [-0.05, 0) is 39.5 Å². The topological polar surface area (TPSA) is 77.0 Å². The van der Waals surface area contributed by atoms with Crippen molar-refractivity contribution in [2.24, 2.45) is 0 Å². The molecule has 0 aliphatic heterocycles. The summed E-state index contributed by atoms with van der Waals surface area (Å²) in [5.74, 6) is 1.21. The summed E-state index contributed by atoms with van der Waals surface area (Å²) >= 11 is 3.31. The van der Waals surface area contributed by atoms with E-state index in [9.17, 15) is 5.11 Å². The maximum absolute atomic E-state index is 9.57. The summed E-state index contributed by atoms with van der Waals surface area (Å²) in [6.45, 7) is 0. The summed E-state index contributed by atoms with van der Waals surface area (Å²) in [5.41, 5.74) is 5.70. The summed E-state index contributed by atoms with van der Waals surface area (Å²) in [5, 5.41) is 15.5. The predicted molar refractivity (Wildman–Crippen MR) is 72.6 cm³/mol. The molecule has 3 aromatic rings. The van der Waals surface area contributed by atoms with Crippen molar-refractivity contribution in [1.82, 2.24) is 14.8 Å². The number of rotatable bonds is 1. The van der Waals surface area contributed by atoms with Crippen molar-refractivity contribution in [3.8, 4) is 11.6 Å². The van der Waals surface area contributed by atoms with Crippen LogP contribution in [0.3, 0.4) is 0 Å². The highest BCUT2D eigenvalue weighted by Crippen LogP contribution is 2.26. The van der Waals surface area contributed by atoms with Crippen LogP contribution in [-0.2, 0) is 0 Å². The lowest BCUT2D eigenvalue weighted by Gasteiger charge is -2.05. The van der Waals surface area contributed by atoms with Gasteiger partial charge in [-0.15, -0.1) is 5.10 Å². The molecule has 0 spiro atoms. The molecule has 1 aromatic carbocycles. The number of benzene rings is 1. The van der Waals surface area contributed by atoms with Gasteiger partial charge in [0.05, 0.1) is 4.47 Å². The number of fused-ring (bicyclic) bond motifs is 1. The number of aromatic hydroxyl groups is 1. The van der Waals surface area contributed by atoms with Gasteiger partial charge in [0, 0.05) is 17.8 Å². The number of pyridine rings is 1. The summed E-state index contributed by atoms with van der Waals surface area (Å²) < 4.78 is 2.29. The molecule has 0 radical (unpaired) electrons. The number of phenols is 1. The van der Waals surface area contributed by atoms with Crippen LogP contribution in [0.5, 0.6) is 5.75 Å². The maximum atomic E-state index is 9.57. The summed E-state index contributed by atoms with van der Waals surface area (Å²) in [7, 11) is 0. The van der Waals surface area contributed by atoms with E-state index in [4.69, 9.17) is 5.73 Å². The second-order valence-corrected chi connectivity index (χ2v) is 4.70. The van der Waals surface area contributed by atoms with Crippen LogP contribution < -0.4 is 5.73 Å². The van der Waals surface area contributed by atoms with E-state index in [2.05, 4.69) is 26.0 Å². The summed E-state index contributed by atoms with van der Waals surface area (Å²) in [6, 6.07) is 7.00. The minimum atomic E-state index is 0.191. The fraction of sp³-hybridized carbons (Fsp3) is 0. The smallest absolute Gasteiger partial charge is 0.161 e. The number of anilines is 1. The molecule has 0 atom stereocenters. The zero-order valence-electron chi connectivity index (χ0n) is 9.21. The Morgan fingerprint density at radius 1 is 1.28 bits per heavy atom. The number of hydrogen-bond acceptors (Lipinski definition) is 4. The monoisotopic (exact) mass is 304 g/mol. The molecule has 90 valence electrons. The minimum absolute atomic E-state index is 0.191. The average molecular weight is 305 g/mol. The molecule has 2 aromatic heterocycles. The van der Waals surface area contributed by atoms with Crippen LogP contribution >= 0.6 is 15.9 Å². The zero-order chi connectivity index (χ0) is 12.7. The molecule has 0 aliphatic carbocycles. The van der Waals surface area contributed by atoms with Crippen LogP contribution in [0.25, 0.3) is 16.6 Å². The number of nitrogens with two attached hydrogens (primary N) is 1. The van der Waals surface area contributed by atoms with Crippen molar-refractivity contribution in [2.45, 2.75) is 0 Å². The maximum Gasteiger partial charge on any atom is 0.161 e. The molecule has 2 heterocycles. The Kier molecular flexibility index (Phi) is 2.45. The van der Waals surface area contributed by atoms with Crippen molar-refractivity contribution in [1.29, 1.82) is 0 Å². The van der Waals surface area contributed by atoms with E-state index >= 15 is 0 Å². The lowest BCUT2D eigenvalue weighted by atomic mass is 10.1. The first-order valence-electron chi connectivity index (χ1n) is 5.24. The van der Waals surface area contributed by atoms with Crippen LogP contribution in [0.1, 0.15) is 0 Å². The average Bonchev–Trinajstić information content (AvgIpc) is 2.68. The highest BCUT2D eigenvalue weighted by molar-refractivity contribution is 9.10. The number of aromatic nitrogens is 3. The van der Waals surface area contributed by atoms with Crippen LogP contribution in [0, 0.1) is 0 Å². The Morgan fingerprint density at radius 2 is 2.11 bits per heavy atom.